The molecular weight excluding hydrogens is 292 g/mol. The van der Waals surface area contributed by atoms with E-state index in [0.717, 1.165) is 11.1 Å². The predicted octanol–water partition coefficient (Wildman–Crippen LogP) is 2.99. The van der Waals surface area contributed by atoms with Gasteiger partial charge in [-0.15, -0.1) is 0 Å². The largest absolute Gasteiger partial charge is 0.400 e. The van der Waals surface area contributed by atoms with Crippen molar-refractivity contribution in [3.63, 3.8) is 0 Å². The first-order valence-electron chi connectivity index (χ1n) is 5.77. The second-order valence-corrected chi connectivity index (χ2v) is 5.19. The fourth-order valence-electron chi connectivity index (χ4n) is 1.46. The van der Waals surface area contributed by atoms with Crippen molar-refractivity contribution in [1.82, 2.24) is 12.3 Å². The fraction of sp³-hybridized carbons (Fsp3) is 0.143. The van der Waals surface area contributed by atoms with E-state index >= 15 is 0 Å². The van der Waals surface area contributed by atoms with Gasteiger partial charge in [0.15, 0.2) is 0 Å². The number of hydrogen-bond acceptors (Lipinski definition) is 6. The summed E-state index contributed by atoms with van der Waals surface area (Å²) in [5.74, 6) is 0. The topological polar surface area (TPSA) is 123 Å². The Kier molecular flexibility index (Phi) is 8.44. The molecule has 2 aromatic rings. The SMILES string of the molecule is N.N.O=S(=O)(OCc1ccccc1)OCc1ccccc1. The highest BCUT2D eigenvalue weighted by Gasteiger charge is 2.12. The molecule has 7 heteroatoms. The second kappa shape index (κ2) is 9.22. The summed E-state index contributed by atoms with van der Waals surface area (Å²) >= 11 is 0. The molecule has 0 radical (unpaired) electrons. The summed E-state index contributed by atoms with van der Waals surface area (Å²) in [6, 6.07) is 18.1. The number of hydrogen-bond donors (Lipinski definition) is 2. The normalized spacial score (nSPS) is 10.3. The lowest BCUT2D eigenvalue weighted by molar-refractivity contribution is 0.202. The second-order valence-electron chi connectivity index (χ2n) is 3.90. The Labute approximate surface area is 125 Å². The molecule has 6 nitrogen and oxygen atoms in total. The molecule has 0 spiro atoms. The monoisotopic (exact) mass is 312 g/mol. The van der Waals surface area contributed by atoms with Crippen molar-refractivity contribution in [2.45, 2.75) is 13.2 Å². The van der Waals surface area contributed by atoms with Gasteiger partial charge in [-0.25, -0.2) is 8.37 Å². The molecule has 0 aliphatic carbocycles. The molecule has 0 heterocycles. The van der Waals surface area contributed by atoms with Crippen molar-refractivity contribution in [2.75, 3.05) is 0 Å². The Morgan fingerprint density at radius 1 is 0.667 bits per heavy atom. The molecule has 0 fully saturated rings. The average Bonchev–Trinajstić information content (AvgIpc) is 2.46. The van der Waals surface area contributed by atoms with Crippen LogP contribution >= 0.6 is 0 Å². The van der Waals surface area contributed by atoms with Gasteiger partial charge in [0.1, 0.15) is 0 Å². The van der Waals surface area contributed by atoms with Gasteiger partial charge >= 0.3 is 10.4 Å². The summed E-state index contributed by atoms with van der Waals surface area (Å²) in [5.41, 5.74) is 1.55. The molecule has 0 aromatic heterocycles. The van der Waals surface area contributed by atoms with Crippen LogP contribution in [-0.4, -0.2) is 8.42 Å². The van der Waals surface area contributed by atoms with Gasteiger partial charge in [0.25, 0.3) is 0 Å². The lowest BCUT2D eigenvalue weighted by Gasteiger charge is -2.06. The van der Waals surface area contributed by atoms with Gasteiger partial charge in [-0.3, -0.25) is 0 Å². The maximum absolute atomic E-state index is 11.5. The first kappa shape index (κ1) is 19.2. The Hall–Kier alpha value is -1.77. The Bertz CT molecular complexity index is 554. The van der Waals surface area contributed by atoms with Crippen LogP contribution in [0.15, 0.2) is 60.7 Å². The zero-order chi connectivity index (χ0) is 13.6. The van der Waals surface area contributed by atoms with Gasteiger partial charge in [-0.05, 0) is 11.1 Å². The predicted molar refractivity (Wildman–Crippen MR) is 81.4 cm³/mol. The molecule has 6 N–H and O–H groups in total. The smallest absolute Gasteiger partial charge is 0.344 e. The van der Waals surface area contributed by atoms with Crippen molar-refractivity contribution in [1.29, 1.82) is 0 Å². The third kappa shape index (κ3) is 6.98. The van der Waals surface area contributed by atoms with E-state index in [2.05, 4.69) is 0 Å². The molecule has 0 bridgehead atoms. The van der Waals surface area contributed by atoms with Crippen molar-refractivity contribution in [3.05, 3.63) is 71.8 Å². The molecule has 116 valence electrons. The van der Waals surface area contributed by atoms with Gasteiger partial charge < -0.3 is 12.3 Å². The molecule has 0 aliphatic heterocycles. The van der Waals surface area contributed by atoms with Gasteiger partial charge in [0.05, 0.1) is 13.2 Å². The van der Waals surface area contributed by atoms with Crippen LogP contribution in [0.3, 0.4) is 0 Å². The molecule has 2 aromatic carbocycles. The maximum atomic E-state index is 11.5. The van der Waals surface area contributed by atoms with E-state index in [1.54, 1.807) is 24.3 Å². The zero-order valence-corrected chi connectivity index (χ0v) is 12.5. The van der Waals surface area contributed by atoms with E-state index in [-0.39, 0.29) is 25.5 Å². The zero-order valence-electron chi connectivity index (χ0n) is 11.6. The van der Waals surface area contributed by atoms with E-state index in [0.29, 0.717) is 0 Å². The van der Waals surface area contributed by atoms with Crippen LogP contribution in [0.4, 0.5) is 0 Å². The molecular formula is C14H20N2O4S. The van der Waals surface area contributed by atoms with Crippen LogP contribution in [0.25, 0.3) is 0 Å². The summed E-state index contributed by atoms with van der Waals surface area (Å²) in [4.78, 5) is 0. The third-order valence-corrected chi connectivity index (χ3v) is 3.24. The molecule has 0 amide bonds. The highest BCUT2D eigenvalue weighted by Crippen LogP contribution is 2.08. The van der Waals surface area contributed by atoms with Gasteiger partial charge in [0, 0.05) is 0 Å². The maximum Gasteiger partial charge on any atom is 0.400 e. The quantitative estimate of drug-likeness (QED) is 0.845. The molecule has 0 atom stereocenters. The molecule has 0 unspecified atom stereocenters. The minimum absolute atomic E-state index is 0. The first-order chi connectivity index (χ1) is 9.16. The first-order valence-corrected chi connectivity index (χ1v) is 7.11. The molecule has 0 aliphatic rings. The lowest BCUT2D eigenvalue weighted by Crippen LogP contribution is -2.10. The van der Waals surface area contributed by atoms with Crippen LogP contribution in [-0.2, 0) is 32.0 Å². The molecule has 2 rings (SSSR count). The highest BCUT2D eigenvalue weighted by molar-refractivity contribution is 7.81. The van der Waals surface area contributed by atoms with Crippen LogP contribution in [0.2, 0.25) is 0 Å². The van der Waals surface area contributed by atoms with Crippen molar-refractivity contribution >= 4 is 10.4 Å². The minimum atomic E-state index is -3.98. The summed E-state index contributed by atoms with van der Waals surface area (Å²) < 4.78 is 32.6. The highest BCUT2D eigenvalue weighted by atomic mass is 32.3. The van der Waals surface area contributed by atoms with Crippen molar-refractivity contribution in [3.8, 4) is 0 Å². The Morgan fingerprint density at radius 3 is 1.33 bits per heavy atom. The van der Waals surface area contributed by atoms with Crippen molar-refractivity contribution < 1.29 is 16.8 Å². The molecule has 0 saturated carbocycles. The lowest BCUT2D eigenvalue weighted by atomic mass is 10.2. The summed E-state index contributed by atoms with van der Waals surface area (Å²) in [5, 5.41) is 0. The average molecular weight is 312 g/mol. The summed E-state index contributed by atoms with van der Waals surface area (Å²) in [6.07, 6.45) is 0. The Balaban J connectivity index is 0.00000200. The van der Waals surface area contributed by atoms with Crippen LogP contribution < -0.4 is 12.3 Å². The summed E-state index contributed by atoms with van der Waals surface area (Å²) in [7, 11) is -3.98. The molecule has 21 heavy (non-hydrogen) atoms. The van der Waals surface area contributed by atoms with Crippen LogP contribution in [0, 0.1) is 0 Å². The standard InChI is InChI=1S/C14H14O4S.2H3N/c15-19(16,17-11-13-7-3-1-4-8-13)18-12-14-9-5-2-6-10-14;;/h1-10H,11-12H2;2*1H3. The van der Waals surface area contributed by atoms with E-state index in [1.165, 1.54) is 0 Å². The molecule has 0 saturated heterocycles. The van der Waals surface area contributed by atoms with E-state index < -0.39 is 10.4 Å². The van der Waals surface area contributed by atoms with Crippen LogP contribution in [0.1, 0.15) is 11.1 Å². The van der Waals surface area contributed by atoms with Crippen LogP contribution in [0.5, 0.6) is 0 Å². The third-order valence-electron chi connectivity index (χ3n) is 2.43. The van der Waals surface area contributed by atoms with Gasteiger partial charge in [-0.1, -0.05) is 60.7 Å². The van der Waals surface area contributed by atoms with E-state index in [4.69, 9.17) is 8.37 Å². The van der Waals surface area contributed by atoms with E-state index in [1.807, 2.05) is 36.4 Å². The minimum Gasteiger partial charge on any atom is -0.344 e. The Morgan fingerprint density at radius 2 is 1.00 bits per heavy atom. The number of benzene rings is 2. The van der Waals surface area contributed by atoms with E-state index in [9.17, 15) is 8.42 Å². The van der Waals surface area contributed by atoms with Crippen molar-refractivity contribution in [2.24, 2.45) is 0 Å². The van der Waals surface area contributed by atoms with Gasteiger partial charge in [-0.2, -0.15) is 8.42 Å². The number of rotatable bonds is 6. The fourth-order valence-corrected chi connectivity index (χ4v) is 2.09. The van der Waals surface area contributed by atoms with Gasteiger partial charge in [0.2, 0.25) is 0 Å². The summed E-state index contributed by atoms with van der Waals surface area (Å²) in [6.45, 7) is -0.0596.